The number of aliphatic hydroxyl groups excluding tert-OH is 1. The summed E-state index contributed by atoms with van der Waals surface area (Å²) in [6.07, 6.45) is 0. The lowest BCUT2D eigenvalue weighted by Gasteiger charge is -2.25. The zero-order chi connectivity index (χ0) is 25.1. The summed E-state index contributed by atoms with van der Waals surface area (Å²) in [6.45, 7) is 4.38. The number of carbonyl (C=O) groups excluding carboxylic acids is 2. The van der Waals surface area contributed by atoms with Gasteiger partial charge in [0.2, 0.25) is 0 Å². The number of halogens is 2. The zero-order valence-electron chi connectivity index (χ0n) is 19.1. The number of hydrogen-bond acceptors (Lipinski definition) is 5. The topological polar surface area (TPSA) is 76.1 Å². The first-order chi connectivity index (χ1) is 16.8. The molecule has 1 N–H and O–H groups in total. The summed E-state index contributed by atoms with van der Waals surface area (Å²) in [5.41, 5.74) is 0.978. The van der Waals surface area contributed by atoms with E-state index in [9.17, 15) is 19.1 Å². The second-order valence-corrected chi connectivity index (χ2v) is 8.16. The Bertz CT molecular complexity index is 1290. The molecule has 3 aromatic rings. The number of benzene rings is 3. The van der Waals surface area contributed by atoms with Gasteiger partial charge >= 0.3 is 0 Å². The molecule has 3 aromatic carbocycles. The van der Waals surface area contributed by atoms with Crippen LogP contribution in [0, 0.1) is 5.82 Å². The molecule has 4 rings (SSSR count). The van der Waals surface area contributed by atoms with Gasteiger partial charge in [-0.05, 0) is 67.9 Å². The van der Waals surface area contributed by atoms with Crippen LogP contribution in [0.5, 0.6) is 11.5 Å². The van der Waals surface area contributed by atoms with E-state index >= 15 is 0 Å². The van der Waals surface area contributed by atoms with Crippen LogP contribution in [0.25, 0.3) is 5.76 Å². The molecule has 0 bridgehead atoms. The van der Waals surface area contributed by atoms with Crippen LogP contribution >= 0.6 is 11.6 Å². The van der Waals surface area contributed by atoms with Gasteiger partial charge in [0.1, 0.15) is 23.1 Å². The van der Waals surface area contributed by atoms with E-state index in [0.29, 0.717) is 41.0 Å². The highest BCUT2D eigenvalue weighted by atomic mass is 35.5. The number of ketones is 1. The Kier molecular flexibility index (Phi) is 7.07. The Labute approximate surface area is 207 Å². The SMILES string of the molecule is CCOc1ccc(/C(O)=C2/C(=O)C(=O)N(c3ccc(F)cc3)C2c2ccc(Cl)cc2)c(OCC)c1. The Morgan fingerprint density at radius 2 is 1.63 bits per heavy atom. The summed E-state index contributed by atoms with van der Waals surface area (Å²) in [5.74, 6) is -1.75. The normalized spacial score (nSPS) is 17.0. The number of aliphatic hydroxyl groups is 1. The Balaban J connectivity index is 1.93. The second kappa shape index (κ2) is 10.2. The van der Waals surface area contributed by atoms with Gasteiger partial charge in [0.25, 0.3) is 11.7 Å². The van der Waals surface area contributed by atoms with E-state index in [1.54, 1.807) is 49.4 Å². The van der Waals surface area contributed by atoms with Crippen molar-refractivity contribution in [3.8, 4) is 11.5 Å². The molecule has 1 amide bonds. The molecule has 0 saturated carbocycles. The molecule has 0 aliphatic carbocycles. The molecule has 8 heteroatoms. The number of anilines is 1. The van der Waals surface area contributed by atoms with Gasteiger partial charge in [0.05, 0.1) is 30.4 Å². The number of ether oxygens (including phenoxy) is 2. The van der Waals surface area contributed by atoms with Gasteiger partial charge in [0.15, 0.2) is 0 Å². The third-order valence-corrected chi connectivity index (χ3v) is 5.81. The molecule has 1 saturated heterocycles. The third-order valence-electron chi connectivity index (χ3n) is 5.55. The van der Waals surface area contributed by atoms with Gasteiger partial charge in [-0.1, -0.05) is 23.7 Å². The van der Waals surface area contributed by atoms with Crippen molar-refractivity contribution in [2.45, 2.75) is 19.9 Å². The van der Waals surface area contributed by atoms with Crippen LogP contribution in [0.1, 0.15) is 31.0 Å². The molecule has 0 spiro atoms. The molecule has 1 aliphatic rings. The highest BCUT2D eigenvalue weighted by Crippen LogP contribution is 2.44. The molecule has 1 aliphatic heterocycles. The van der Waals surface area contributed by atoms with Crippen LogP contribution in [0.15, 0.2) is 72.3 Å². The van der Waals surface area contributed by atoms with Crippen molar-refractivity contribution >= 4 is 34.7 Å². The van der Waals surface area contributed by atoms with Crippen molar-refractivity contribution in [2.24, 2.45) is 0 Å². The lowest BCUT2D eigenvalue weighted by atomic mass is 9.94. The number of Topliss-reactive ketones (excluding diaryl/α,β-unsaturated/α-hetero) is 1. The molecule has 1 fully saturated rings. The van der Waals surface area contributed by atoms with E-state index in [0.717, 1.165) is 0 Å². The van der Waals surface area contributed by atoms with Crippen molar-refractivity contribution in [1.82, 2.24) is 0 Å². The van der Waals surface area contributed by atoms with Crippen molar-refractivity contribution in [3.05, 3.63) is 94.3 Å². The molecule has 1 heterocycles. The Morgan fingerprint density at radius 3 is 2.26 bits per heavy atom. The summed E-state index contributed by atoms with van der Waals surface area (Å²) < 4.78 is 24.8. The minimum absolute atomic E-state index is 0.119. The highest BCUT2D eigenvalue weighted by Gasteiger charge is 2.47. The van der Waals surface area contributed by atoms with Crippen molar-refractivity contribution in [3.63, 3.8) is 0 Å². The molecule has 35 heavy (non-hydrogen) atoms. The van der Waals surface area contributed by atoms with Crippen LogP contribution in [-0.2, 0) is 9.59 Å². The first-order valence-electron chi connectivity index (χ1n) is 11.1. The molecule has 6 nitrogen and oxygen atoms in total. The van der Waals surface area contributed by atoms with Gasteiger partial charge in [0, 0.05) is 16.8 Å². The number of hydrogen-bond donors (Lipinski definition) is 1. The van der Waals surface area contributed by atoms with E-state index in [1.165, 1.54) is 29.2 Å². The van der Waals surface area contributed by atoms with Crippen LogP contribution in [0.2, 0.25) is 5.02 Å². The lowest BCUT2D eigenvalue weighted by molar-refractivity contribution is -0.132. The summed E-state index contributed by atoms with van der Waals surface area (Å²) in [4.78, 5) is 27.7. The quantitative estimate of drug-likeness (QED) is 0.251. The number of nitrogens with zero attached hydrogens (tertiary/aromatic N) is 1. The van der Waals surface area contributed by atoms with Crippen molar-refractivity contribution in [1.29, 1.82) is 0 Å². The Morgan fingerprint density at radius 1 is 0.971 bits per heavy atom. The van der Waals surface area contributed by atoms with Gasteiger partial charge in [-0.3, -0.25) is 14.5 Å². The predicted octanol–water partition coefficient (Wildman–Crippen LogP) is 5.90. The first kappa shape index (κ1) is 24.3. The van der Waals surface area contributed by atoms with Gasteiger partial charge in [-0.15, -0.1) is 0 Å². The summed E-state index contributed by atoms with van der Waals surface area (Å²) >= 11 is 6.06. The first-order valence-corrected chi connectivity index (χ1v) is 11.5. The van der Waals surface area contributed by atoms with Gasteiger partial charge < -0.3 is 14.6 Å². The summed E-state index contributed by atoms with van der Waals surface area (Å²) in [7, 11) is 0. The number of carbonyl (C=O) groups is 2. The van der Waals surface area contributed by atoms with Crippen LogP contribution in [0.3, 0.4) is 0 Å². The fourth-order valence-electron chi connectivity index (χ4n) is 4.04. The minimum Gasteiger partial charge on any atom is -0.507 e. The molecule has 180 valence electrons. The van der Waals surface area contributed by atoms with Crippen LogP contribution < -0.4 is 14.4 Å². The summed E-state index contributed by atoms with van der Waals surface area (Å²) in [5, 5.41) is 11.9. The average Bonchev–Trinajstić information content (AvgIpc) is 3.11. The number of rotatable bonds is 7. The summed E-state index contributed by atoms with van der Waals surface area (Å²) in [6, 6.07) is 15.7. The van der Waals surface area contributed by atoms with Crippen LogP contribution in [0.4, 0.5) is 10.1 Å². The maximum Gasteiger partial charge on any atom is 0.300 e. The fourth-order valence-corrected chi connectivity index (χ4v) is 4.16. The van der Waals surface area contributed by atoms with Crippen LogP contribution in [-0.4, -0.2) is 30.0 Å². The molecular formula is C27H23ClFNO5. The standard InChI is InChI=1S/C27H23ClFNO5/c1-3-34-20-13-14-21(22(15-20)35-4-2)25(31)23-24(16-5-7-17(28)8-6-16)30(27(33)26(23)32)19-11-9-18(29)10-12-19/h5-15,24,31H,3-4H2,1-2H3/b25-23-. The Hall–Kier alpha value is -3.84. The van der Waals surface area contributed by atoms with Crippen molar-refractivity contribution < 1.29 is 28.6 Å². The maximum absolute atomic E-state index is 13.6. The van der Waals surface area contributed by atoms with E-state index in [-0.39, 0.29) is 16.9 Å². The second-order valence-electron chi connectivity index (χ2n) is 7.72. The van der Waals surface area contributed by atoms with Gasteiger partial charge in [-0.25, -0.2) is 4.39 Å². The van der Waals surface area contributed by atoms with Crippen molar-refractivity contribution in [2.75, 3.05) is 18.1 Å². The molecule has 0 radical (unpaired) electrons. The van der Waals surface area contributed by atoms with E-state index < -0.39 is 23.5 Å². The van der Waals surface area contributed by atoms with E-state index in [1.807, 2.05) is 6.92 Å². The molecular weight excluding hydrogens is 473 g/mol. The highest BCUT2D eigenvalue weighted by molar-refractivity contribution is 6.51. The smallest absolute Gasteiger partial charge is 0.300 e. The average molecular weight is 496 g/mol. The zero-order valence-corrected chi connectivity index (χ0v) is 19.9. The molecule has 1 unspecified atom stereocenters. The largest absolute Gasteiger partial charge is 0.507 e. The van der Waals surface area contributed by atoms with E-state index in [2.05, 4.69) is 0 Å². The van der Waals surface area contributed by atoms with Gasteiger partial charge in [-0.2, -0.15) is 0 Å². The minimum atomic E-state index is -0.973. The predicted molar refractivity (Wildman–Crippen MR) is 131 cm³/mol. The molecule has 0 aromatic heterocycles. The molecule has 1 atom stereocenters. The maximum atomic E-state index is 13.6. The lowest BCUT2D eigenvalue weighted by Crippen LogP contribution is -2.29. The third kappa shape index (κ3) is 4.72. The number of amides is 1. The fraction of sp³-hybridized carbons (Fsp3) is 0.185. The monoisotopic (exact) mass is 495 g/mol. The van der Waals surface area contributed by atoms with E-state index in [4.69, 9.17) is 21.1 Å².